The minimum Gasteiger partial charge on any atom is -0.376 e. The SMILES string of the molecule is O=C(c1n[nH]c2c1CCC2)N(CC1CCN(C2Cc3ccccc3C2)CC1)CC1CCCO1. The first kappa shape index (κ1) is 21.4. The van der Waals surface area contributed by atoms with Crippen molar-refractivity contribution in [2.45, 2.75) is 69.9 Å². The summed E-state index contributed by atoms with van der Waals surface area (Å²) in [6.45, 7) is 4.65. The number of H-pyrrole nitrogens is 1. The normalized spacial score (nSPS) is 23.7. The number of carbonyl (C=O) groups is 1. The minimum absolute atomic E-state index is 0.110. The highest BCUT2D eigenvalue weighted by molar-refractivity contribution is 5.94. The number of aromatic amines is 1. The number of benzene rings is 1. The van der Waals surface area contributed by atoms with Crippen LogP contribution in [-0.2, 0) is 30.4 Å². The number of carbonyl (C=O) groups excluding carboxylic acids is 1. The van der Waals surface area contributed by atoms with E-state index in [0.29, 0.717) is 24.2 Å². The number of amides is 1. The van der Waals surface area contributed by atoms with Crippen LogP contribution in [0.5, 0.6) is 0 Å². The second kappa shape index (κ2) is 9.22. The van der Waals surface area contributed by atoms with Crippen LogP contribution in [0.25, 0.3) is 0 Å². The first-order valence-electron chi connectivity index (χ1n) is 13.0. The molecule has 176 valence electrons. The molecule has 6 rings (SSSR count). The first-order valence-corrected chi connectivity index (χ1v) is 13.0. The molecule has 1 aromatic heterocycles. The maximum absolute atomic E-state index is 13.6. The van der Waals surface area contributed by atoms with Crippen molar-refractivity contribution in [2.24, 2.45) is 5.92 Å². The van der Waals surface area contributed by atoms with E-state index in [-0.39, 0.29) is 12.0 Å². The zero-order valence-electron chi connectivity index (χ0n) is 19.6. The standard InChI is InChI=1S/C27H36N4O2/c32-27(26-24-8-3-9-25(24)28-29-26)31(18-23-7-4-14-33-23)17-19-10-12-30(13-11-19)22-15-20-5-1-2-6-21(20)16-22/h1-2,5-6,19,22-23H,3-4,7-18H2,(H,28,29). The summed E-state index contributed by atoms with van der Waals surface area (Å²) in [4.78, 5) is 18.4. The van der Waals surface area contributed by atoms with Gasteiger partial charge in [0.15, 0.2) is 5.69 Å². The van der Waals surface area contributed by atoms with E-state index in [1.807, 2.05) is 0 Å². The predicted molar refractivity (Wildman–Crippen MR) is 127 cm³/mol. The zero-order chi connectivity index (χ0) is 22.2. The summed E-state index contributed by atoms with van der Waals surface area (Å²) in [6, 6.07) is 9.58. The van der Waals surface area contributed by atoms with Gasteiger partial charge in [-0.05, 0) is 87.9 Å². The van der Waals surface area contributed by atoms with Gasteiger partial charge in [-0.2, -0.15) is 5.10 Å². The van der Waals surface area contributed by atoms with Crippen LogP contribution in [0.3, 0.4) is 0 Å². The smallest absolute Gasteiger partial charge is 0.274 e. The van der Waals surface area contributed by atoms with E-state index in [2.05, 4.69) is 44.3 Å². The molecular weight excluding hydrogens is 412 g/mol. The second-order valence-electron chi connectivity index (χ2n) is 10.5. The molecule has 1 amide bonds. The zero-order valence-corrected chi connectivity index (χ0v) is 19.6. The average Bonchev–Trinajstić information content (AvgIpc) is 3.63. The van der Waals surface area contributed by atoms with E-state index >= 15 is 0 Å². The van der Waals surface area contributed by atoms with Crippen molar-refractivity contribution < 1.29 is 9.53 Å². The molecule has 2 aliphatic heterocycles. The largest absolute Gasteiger partial charge is 0.376 e. The average molecular weight is 449 g/mol. The quantitative estimate of drug-likeness (QED) is 0.736. The number of nitrogens with zero attached hydrogens (tertiary/aromatic N) is 3. The van der Waals surface area contributed by atoms with Gasteiger partial charge in [0.1, 0.15) is 0 Å². The number of aromatic nitrogens is 2. The van der Waals surface area contributed by atoms with Crippen molar-refractivity contribution in [1.29, 1.82) is 0 Å². The summed E-state index contributed by atoms with van der Waals surface area (Å²) in [6.07, 6.45) is 10.2. The topological polar surface area (TPSA) is 61.5 Å². The number of ether oxygens (including phenoxy) is 1. The third-order valence-electron chi connectivity index (χ3n) is 8.42. The molecule has 0 bridgehead atoms. The van der Waals surface area contributed by atoms with E-state index in [0.717, 1.165) is 63.9 Å². The summed E-state index contributed by atoms with van der Waals surface area (Å²) in [5.41, 5.74) is 6.06. The van der Waals surface area contributed by atoms with Crippen molar-refractivity contribution in [2.75, 3.05) is 32.8 Å². The van der Waals surface area contributed by atoms with Crippen molar-refractivity contribution in [3.63, 3.8) is 0 Å². The van der Waals surface area contributed by atoms with Gasteiger partial charge in [0, 0.05) is 37.0 Å². The summed E-state index contributed by atoms with van der Waals surface area (Å²) in [7, 11) is 0. The summed E-state index contributed by atoms with van der Waals surface area (Å²) in [5, 5.41) is 7.57. The van der Waals surface area contributed by atoms with Crippen LogP contribution in [0.4, 0.5) is 0 Å². The Kier molecular flexibility index (Phi) is 5.97. The highest BCUT2D eigenvalue weighted by atomic mass is 16.5. The lowest BCUT2D eigenvalue weighted by Crippen LogP contribution is -2.46. The van der Waals surface area contributed by atoms with E-state index in [1.165, 1.54) is 42.5 Å². The Morgan fingerprint density at radius 1 is 1.06 bits per heavy atom. The van der Waals surface area contributed by atoms with E-state index in [4.69, 9.17) is 4.74 Å². The molecule has 2 aliphatic carbocycles. The fourth-order valence-corrected chi connectivity index (χ4v) is 6.53. The molecule has 3 heterocycles. The summed E-state index contributed by atoms with van der Waals surface area (Å²) >= 11 is 0. The van der Waals surface area contributed by atoms with E-state index < -0.39 is 0 Å². The molecule has 1 unspecified atom stereocenters. The molecule has 1 aromatic carbocycles. The van der Waals surface area contributed by atoms with Gasteiger partial charge in [-0.25, -0.2) is 0 Å². The molecular formula is C27H36N4O2. The van der Waals surface area contributed by atoms with E-state index in [9.17, 15) is 4.79 Å². The summed E-state index contributed by atoms with van der Waals surface area (Å²) in [5.74, 6) is 0.668. The Bertz CT molecular complexity index is 963. The number of fused-ring (bicyclic) bond motifs is 2. The molecule has 4 aliphatic rings. The highest BCUT2D eigenvalue weighted by Crippen LogP contribution is 2.30. The van der Waals surface area contributed by atoms with Crippen molar-refractivity contribution in [3.05, 3.63) is 52.3 Å². The predicted octanol–water partition coefficient (Wildman–Crippen LogP) is 3.40. The van der Waals surface area contributed by atoms with Crippen LogP contribution in [0.15, 0.2) is 24.3 Å². The fraction of sp³-hybridized carbons (Fsp3) is 0.630. The van der Waals surface area contributed by atoms with Crippen molar-refractivity contribution >= 4 is 5.91 Å². The lowest BCUT2D eigenvalue weighted by atomic mass is 9.94. The van der Waals surface area contributed by atoms with Gasteiger partial charge in [0.05, 0.1) is 6.10 Å². The molecule has 2 saturated heterocycles. The van der Waals surface area contributed by atoms with Crippen LogP contribution < -0.4 is 0 Å². The monoisotopic (exact) mass is 448 g/mol. The highest BCUT2D eigenvalue weighted by Gasteiger charge is 2.33. The van der Waals surface area contributed by atoms with Gasteiger partial charge in [0.25, 0.3) is 5.91 Å². The second-order valence-corrected chi connectivity index (χ2v) is 10.5. The van der Waals surface area contributed by atoms with Gasteiger partial charge in [0.2, 0.25) is 0 Å². The molecule has 33 heavy (non-hydrogen) atoms. The van der Waals surface area contributed by atoms with Crippen LogP contribution >= 0.6 is 0 Å². The molecule has 2 fully saturated rings. The third kappa shape index (κ3) is 4.35. The lowest BCUT2D eigenvalue weighted by Gasteiger charge is -2.38. The molecule has 1 atom stereocenters. The molecule has 0 spiro atoms. The van der Waals surface area contributed by atoms with Gasteiger partial charge in [-0.1, -0.05) is 24.3 Å². The molecule has 2 aromatic rings. The lowest BCUT2D eigenvalue weighted by molar-refractivity contribution is 0.0425. The third-order valence-corrected chi connectivity index (χ3v) is 8.42. The minimum atomic E-state index is 0.110. The number of nitrogens with one attached hydrogen (secondary N) is 1. The van der Waals surface area contributed by atoms with E-state index in [1.54, 1.807) is 0 Å². The van der Waals surface area contributed by atoms with Crippen LogP contribution in [0.1, 0.15) is 65.0 Å². The van der Waals surface area contributed by atoms with Gasteiger partial charge >= 0.3 is 0 Å². The van der Waals surface area contributed by atoms with Crippen LogP contribution in [-0.4, -0.2) is 70.8 Å². The number of piperidine rings is 1. The summed E-state index contributed by atoms with van der Waals surface area (Å²) < 4.78 is 5.92. The van der Waals surface area contributed by atoms with Crippen molar-refractivity contribution in [1.82, 2.24) is 20.0 Å². The number of rotatable bonds is 6. The van der Waals surface area contributed by atoms with Crippen LogP contribution in [0.2, 0.25) is 0 Å². The molecule has 1 N–H and O–H groups in total. The molecule has 0 radical (unpaired) electrons. The Morgan fingerprint density at radius 2 is 1.85 bits per heavy atom. The Labute approximate surface area is 196 Å². The Balaban J connectivity index is 1.09. The number of likely N-dealkylation sites (tertiary alicyclic amines) is 1. The van der Waals surface area contributed by atoms with Gasteiger partial charge in [-0.3, -0.25) is 14.8 Å². The maximum atomic E-state index is 13.6. The maximum Gasteiger partial charge on any atom is 0.274 e. The first-order chi connectivity index (χ1) is 16.2. The number of hydrogen-bond acceptors (Lipinski definition) is 4. The Hall–Kier alpha value is -2.18. The number of aryl methyl sites for hydroxylation is 1. The van der Waals surface area contributed by atoms with Gasteiger partial charge < -0.3 is 9.64 Å². The number of hydrogen-bond donors (Lipinski definition) is 1. The molecule has 0 saturated carbocycles. The van der Waals surface area contributed by atoms with Crippen LogP contribution in [0, 0.1) is 5.92 Å². The van der Waals surface area contributed by atoms with Crippen molar-refractivity contribution in [3.8, 4) is 0 Å². The molecule has 6 nitrogen and oxygen atoms in total. The Morgan fingerprint density at radius 3 is 2.58 bits per heavy atom. The fourth-order valence-electron chi connectivity index (χ4n) is 6.53. The molecule has 6 heteroatoms. The van der Waals surface area contributed by atoms with Gasteiger partial charge in [-0.15, -0.1) is 0 Å².